The Hall–Kier alpha value is -0.330. The fraction of sp³-hybridized carbons (Fsp3) is 0.955. The molecule has 0 saturated carbocycles. The Labute approximate surface area is 147 Å². The van der Waals surface area contributed by atoms with E-state index in [1.807, 2.05) is 0 Å². The first kappa shape index (κ1) is 22.7. The van der Waals surface area contributed by atoms with Crippen molar-refractivity contribution in [3.63, 3.8) is 0 Å². The van der Waals surface area contributed by atoms with Gasteiger partial charge >= 0.3 is 0 Å². The molecule has 0 aromatic carbocycles. The summed E-state index contributed by atoms with van der Waals surface area (Å²) in [6.45, 7) is 8.87. The highest BCUT2D eigenvalue weighted by molar-refractivity contribution is 5.80. The number of ketones is 1. The molecule has 0 spiro atoms. The highest BCUT2D eigenvalue weighted by Crippen LogP contribution is 2.17. The van der Waals surface area contributed by atoms with Crippen molar-refractivity contribution in [3.05, 3.63) is 0 Å². The smallest absolute Gasteiger partial charge is 0.135 e. The first-order valence-electron chi connectivity index (χ1n) is 10.6. The van der Waals surface area contributed by atoms with Crippen molar-refractivity contribution in [2.45, 2.75) is 124 Å². The Morgan fingerprint density at radius 2 is 1.09 bits per heavy atom. The molecular weight excluding hydrogens is 280 g/mol. The van der Waals surface area contributed by atoms with Gasteiger partial charge in [-0.15, -0.1) is 0 Å². The molecule has 0 aliphatic carbocycles. The molecule has 0 aliphatic heterocycles. The minimum Gasteiger partial charge on any atom is -0.299 e. The van der Waals surface area contributed by atoms with E-state index in [0.717, 1.165) is 25.2 Å². The zero-order valence-corrected chi connectivity index (χ0v) is 16.7. The number of hydrogen-bond acceptors (Lipinski definition) is 1. The van der Waals surface area contributed by atoms with E-state index in [9.17, 15) is 4.79 Å². The summed E-state index contributed by atoms with van der Waals surface area (Å²) in [6, 6.07) is 0. The molecular formula is C22H44O. The molecule has 0 radical (unpaired) electrons. The zero-order valence-electron chi connectivity index (χ0n) is 16.7. The standard InChI is InChI=1S/C22H44O/c1-5-6-7-8-9-10-11-12-13-14-15-16-17-22(23)21(4)19-18-20(2)3/h20-21H,5-19H2,1-4H3. The molecule has 0 heterocycles. The molecule has 0 bridgehead atoms. The van der Waals surface area contributed by atoms with Crippen LogP contribution in [0.4, 0.5) is 0 Å². The van der Waals surface area contributed by atoms with Crippen LogP contribution in [0.5, 0.6) is 0 Å². The molecule has 0 saturated heterocycles. The molecule has 0 amide bonds. The van der Waals surface area contributed by atoms with E-state index < -0.39 is 0 Å². The van der Waals surface area contributed by atoms with E-state index in [4.69, 9.17) is 0 Å². The van der Waals surface area contributed by atoms with Crippen LogP contribution in [0.1, 0.15) is 124 Å². The molecule has 0 aromatic heterocycles. The van der Waals surface area contributed by atoms with Crippen LogP contribution in [-0.2, 0) is 4.79 Å². The summed E-state index contributed by atoms with van der Waals surface area (Å²) < 4.78 is 0. The first-order chi connectivity index (χ1) is 11.1. The molecule has 23 heavy (non-hydrogen) atoms. The van der Waals surface area contributed by atoms with Crippen LogP contribution < -0.4 is 0 Å². The van der Waals surface area contributed by atoms with Crippen molar-refractivity contribution < 1.29 is 4.79 Å². The lowest BCUT2D eigenvalue weighted by Gasteiger charge is -2.11. The van der Waals surface area contributed by atoms with Gasteiger partial charge in [0, 0.05) is 12.3 Å². The predicted octanol–water partition coefficient (Wildman–Crippen LogP) is 7.72. The summed E-state index contributed by atoms with van der Waals surface area (Å²) in [5.41, 5.74) is 0. The third kappa shape index (κ3) is 16.3. The Morgan fingerprint density at radius 1 is 0.652 bits per heavy atom. The number of carbonyl (C=O) groups is 1. The Morgan fingerprint density at radius 3 is 1.52 bits per heavy atom. The van der Waals surface area contributed by atoms with Crippen molar-refractivity contribution in [1.82, 2.24) is 0 Å². The zero-order chi connectivity index (χ0) is 17.3. The number of carbonyl (C=O) groups excluding carboxylic acids is 1. The number of unbranched alkanes of at least 4 members (excludes halogenated alkanes) is 11. The number of Topliss-reactive ketones (excluding diaryl/α,β-unsaturated/α-hetero) is 1. The fourth-order valence-electron chi connectivity index (χ4n) is 3.13. The van der Waals surface area contributed by atoms with Crippen molar-refractivity contribution in [2.24, 2.45) is 11.8 Å². The van der Waals surface area contributed by atoms with E-state index in [-0.39, 0.29) is 5.92 Å². The molecule has 1 unspecified atom stereocenters. The second-order valence-corrected chi connectivity index (χ2v) is 7.98. The molecule has 0 aliphatic rings. The second-order valence-electron chi connectivity index (χ2n) is 7.98. The van der Waals surface area contributed by atoms with Crippen LogP contribution in [0.3, 0.4) is 0 Å². The topological polar surface area (TPSA) is 17.1 Å². The van der Waals surface area contributed by atoms with Crippen LogP contribution in [-0.4, -0.2) is 5.78 Å². The SMILES string of the molecule is CCCCCCCCCCCCCCC(=O)C(C)CCC(C)C. The van der Waals surface area contributed by atoms with E-state index in [1.165, 1.54) is 77.0 Å². The quantitative estimate of drug-likeness (QED) is 0.250. The normalized spacial score (nSPS) is 12.7. The number of hydrogen-bond donors (Lipinski definition) is 0. The predicted molar refractivity (Wildman–Crippen MR) is 104 cm³/mol. The lowest BCUT2D eigenvalue weighted by atomic mass is 9.93. The van der Waals surface area contributed by atoms with Gasteiger partial charge in [-0.2, -0.15) is 0 Å². The molecule has 138 valence electrons. The summed E-state index contributed by atoms with van der Waals surface area (Å²) in [5.74, 6) is 1.50. The van der Waals surface area contributed by atoms with Crippen LogP contribution in [0.25, 0.3) is 0 Å². The monoisotopic (exact) mass is 324 g/mol. The Bertz CT molecular complexity index is 257. The highest BCUT2D eigenvalue weighted by Gasteiger charge is 2.12. The third-order valence-corrected chi connectivity index (χ3v) is 5.00. The van der Waals surface area contributed by atoms with Gasteiger partial charge in [0.2, 0.25) is 0 Å². The first-order valence-corrected chi connectivity index (χ1v) is 10.6. The van der Waals surface area contributed by atoms with Gasteiger partial charge < -0.3 is 0 Å². The van der Waals surface area contributed by atoms with E-state index >= 15 is 0 Å². The van der Waals surface area contributed by atoms with Crippen LogP contribution in [0.15, 0.2) is 0 Å². The van der Waals surface area contributed by atoms with Gasteiger partial charge in [-0.1, -0.05) is 105 Å². The minimum atomic E-state index is 0.283. The van der Waals surface area contributed by atoms with Crippen molar-refractivity contribution in [3.8, 4) is 0 Å². The molecule has 0 rings (SSSR count). The molecule has 1 heteroatoms. The van der Waals surface area contributed by atoms with Crippen LogP contribution in [0.2, 0.25) is 0 Å². The maximum absolute atomic E-state index is 12.0. The van der Waals surface area contributed by atoms with Gasteiger partial charge in [0.05, 0.1) is 0 Å². The molecule has 0 fully saturated rings. The van der Waals surface area contributed by atoms with Crippen molar-refractivity contribution in [2.75, 3.05) is 0 Å². The van der Waals surface area contributed by atoms with Gasteiger partial charge in [-0.3, -0.25) is 4.79 Å². The van der Waals surface area contributed by atoms with E-state index in [0.29, 0.717) is 5.78 Å². The van der Waals surface area contributed by atoms with E-state index in [1.54, 1.807) is 0 Å². The third-order valence-electron chi connectivity index (χ3n) is 5.00. The number of rotatable bonds is 17. The lowest BCUT2D eigenvalue weighted by Crippen LogP contribution is -2.11. The molecule has 0 N–H and O–H groups in total. The Balaban J connectivity index is 3.27. The highest BCUT2D eigenvalue weighted by atomic mass is 16.1. The maximum atomic E-state index is 12.0. The van der Waals surface area contributed by atoms with Crippen molar-refractivity contribution in [1.29, 1.82) is 0 Å². The summed E-state index contributed by atoms with van der Waals surface area (Å²) in [7, 11) is 0. The average Bonchev–Trinajstić information content (AvgIpc) is 2.53. The minimum absolute atomic E-state index is 0.283. The van der Waals surface area contributed by atoms with Crippen LogP contribution >= 0.6 is 0 Å². The summed E-state index contributed by atoms with van der Waals surface area (Å²) >= 11 is 0. The largest absolute Gasteiger partial charge is 0.299 e. The molecule has 1 atom stereocenters. The Kier molecular flexibility index (Phi) is 16.3. The molecule has 1 nitrogen and oxygen atoms in total. The van der Waals surface area contributed by atoms with Gasteiger partial charge in [0.25, 0.3) is 0 Å². The van der Waals surface area contributed by atoms with E-state index in [2.05, 4.69) is 27.7 Å². The van der Waals surface area contributed by atoms with Crippen molar-refractivity contribution >= 4 is 5.78 Å². The van der Waals surface area contributed by atoms with Gasteiger partial charge in [-0.05, 0) is 18.8 Å². The van der Waals surface area contributed by atoms with Gasteiger partial charge in [0.15, 0.2) is 0 Å². The average molecular weight is 325 g/mol. The van der Waals surface area contributed by atoms with Gasteiger partial charge in [-0.25, -0.2) is 0 Å². The summed E-state index contributed by atoms with van der Waals surface area (Å²) in [4.78, 5) is 12.0. The molecule has 0 aromatic rings. The lowest BCUT2D eigenvalue weighted by molar-refractivity contribution is -0.122. The fourth-order valence-corrected chi connectivity index (χ4v) is 3.13. The van der Waals surface area contributed by atoms with Crippen LogP contribution in [0, 0.1) is 11.8 Å². The summed E-state index contributed by atoms with van der Waals surface area (Å²) in [6.07, 6.45) is 19.4. The second kappa shape index (κ2) is 16.5. The summed E-state index contributed by atoms with van der Waals surface area (Å²) in [5, 5.41) is 0. The van der Waals surface area contributed by atoms with Gasteiger partial charge in [0.1, 0.15) is 5.78 Å². The maximum Gasteiger partial charge on any atom is 0.135 e.